The average Bonchev–Trinajstić information content (AvgIpc) is 3.21. The largest absolute Gasteiger partial charge is 0.367 e. The third-order valence-electron chi connectivity index (χ3n) is 5.80. The zero-order valence-electron chi connectivity index (χ0n) is 18.0. The summed E-state index contributed by atoms with van der Waals surface area (Å²) < 4.78 is 0. The molecule has 1 aliphatic heterocycles. The lowest BCUT2D eigenvalue weighted by molar-refractivity contribution is 0.171. The van der Waals surface area contributed by atoms with Crippen LogP contribution in [0.2, 0.25) is 10.0 Å². The molecule has 2 aromatic rings. The molecule has 2 heterocycles. The molecular formula is C23H27Cl2N5O. The molecule has 31 heavy (non-hydrogen) atoms. The Kier molecular flexibility index (Phi) is 7.64. The minimum absolute atomic E-state index is 0.0363. The molecule has 3 rings (SSSR count). The van der Waals surface area contributed by atoms with Gasteiger partial charge < -0.3 is 15.1 Å². The van der Waals surface area contributed by atoms with Gasteiger partial charge in [-0.3, -0.25) is 0 Å². The van der Waals surface area contributed by atoms with Crippen LogP contribution in [-0.4, -0.2) is 53.5 Å². The van der Waals surface area contributed by atoms with Gasteiger partial charge in [-0.05, 0) is 43.2 Å². The lowest BCUT2D eigenvalue weighted by Crippen LogP contribution is -2.41. The van der Waals surface area contributed by atoms with Gasteiger partial charge in [0, 0.05) is 50.8 Å². The maximum atomic E-state index is 13.0. The van der Waals surface area contributed by atoms with Crippen LogP contribution in [0.3, 0.4) is 0 Å². The minimum atomic E-state index is 0.0363. The number of amides is 2. The van der Waals surface area contributed by atoms with E-state index < -0.39 is 0 Å². The summed E-state index contributed by atoms with van der Waals surface area (Å²) in [5.74, 6) is 0.954. The number of halogens is 2. The van der Waals surface area contributed by atoms with Crippen molar-refractivity contribution in [1.82, 2.24) is 14.8 Å². The molecule has 0 radical (unpaired) electrons. The van der Waals surface area contributed by atoms with Crippen molar-refractivity contribution >= 4 is 35.1 Å². The highest BCUT2D eigenvalue weighted by molar-refractivity contribution is 6.42. The van der Waals surface area contributed by atoms with Gasteiger partial charge in [-0.2, -0.15) is 5.26 Å². The van der Waals surface area contributed by atoms with Gasteiger partial charge in [0.2, 0.25) is 0 Å². The summed E-state index contributed by atoms with van der Waals surface area (Å²) in [5, 5.41) is 13.5. The highest BCUT2D eigenvalue weighted by Crippen LogP contribution is 2.38. The molecule has 8 heteroatoms. The standard InChI is InChI=1S/C23H27Cl2N5O/c1-4-9-29(3)23(31)30-13-18(15(2)28-22-8-5-16(11-26)12-27-22)19(14-30)17-6-7-20(24)21(25)10-17/h5-8,10,12,15,18-19H,4,9,13-14H2,1-3H3,(H,27,28). The summed E-state index contributed by atoms with van der Waals surface area (Å²) in [5.41, 5.74) is 1.58. The van der Waals surface area contributed by atoms with Crippen LogP contribution in [0.5, 0.6) is 0 Å². The molecule has 1 aromatic heterocycles. The summed E-state index contributed by atoms with van der Waals surface area (Å²) in [6.45, 7) is 6.12. The lowest BCUT2D eigenvalue weighted by atomic mass is 9.84. The summed E-state index contributed by atoms with van der Waals surface area (Å²) >= 11 is 12.4. The first-order chi connectivity index (χ1) is 14.8. The number of carbonyl (C=O) groups excluding carboxylic acids is 1. The molecule has 1 saturated heterocycles. The second-order valence-electron chi connectivity index (χ2n) is 8.03. The third kappa shape index (κ3) is 5.41. The molecule has 0 saturated carbocycles. The fourth-order valence-corrected chi connectivity index (χ4v) is 4.45. The van der Waals surface area contributed by atoms with E-state index >= 15 is 0 Å². The van der Waals surface area contributed by atoms with Gasteiger partial charge in [-0.1, -0.05) is 36.2 Å². The quantitative estimate of drug-likeness (QED) is 0.640. The van der Waals surface area contributed by atoms with Crippen LogP contribution < -0.4 is 5.32 Å². The minimum Gasteiger partial charge on any atom is -0.367 e. The number of aromatic nitrogens is 1. The molecule has 2 amide bonds. The van der Waals surface area contributed by atoms with Gasteiger partial charge in [0.05, 0.1) is 15.6 Å². The number of urea groups is 1. The van der Waals surface area contributed by atoms with Gasteiger partial charge in [0.25, 0.3) is 0 Å². The predicted octanol–water partition coefficient (Wildman–Crippen LogP) is 5.24. The summed E-state index contributed by atoms with van der Waals surface area (Å²) in [6, 6.07) is 11.4. The van der Waals surface area contributed by atoms with Crippen LogP contribution in [0.15, 0.2) is 36.5 Å². The highest BCUT2D eigenvalue weighted by Gasteiger charge is 2.40. The van der Waals surface area contributed by atoms with E-state index in [4.69, 9.17) is 28.5 Å². The number of anilines is 1. The Morgan fingerprint density at radius 1 is 1.32 bits per heavy atom. The van der Waals surface area contributed by atoms with E-state index in [-0.39, 0.29) is 23.9 Å². The van der Waals surface area contributed by atoms with Crippen molar-refractivity contribution in [3.63, 3.8) is 0 Å². The monoisotopic (exact) mass is 459 g/mol. The summed E-state index contributed by atoms with van der Waals surface area (Å²) in [7, 11) is 1.84. The Bertz CT molecular complexity index is 959. The first-order valence-corrected chi connectivity index (χ1v) is 11.2. The van der Waals surface area contributed by atoms with Crippen molar-refractivity contribution in [1.29, 1.82) is 5.26 Å². The van der Waals surface area contributed by atoms with E-state index in [2.05, 4.69) is 30.2 Å². The zero-order chi connectivity index (χ0) is 22.5. The molecular weight excluding hydrogens is 433 g/mol. The molecule has 0 bridgehead atoms. The number of nitrogens with one attached hydrogen (secondary N) is 1. The van der Waals surface area contributed by atoms with Crippen molar-refractivity contribution in [2.45, 2.75) is 32.2 Å². The number of nitriles is 1. The molecule has 1 aliphatic rings. The number of pyridine rings is 1. The molecule has 0 spiro atoms. The van der Waals surface area contributed by atoms with Gasteiger partial charge in [-0.15, -0.1) is 0 Å². The van der Waals surface area contributed by atoms with Crippen LogP contribution >= 0.6 is 23.2 Å². The SMILES string of the molecule is CCCN(C)C(=O)N1CC(c2ccc(Cl)c(Cl)c2)C(C(C)Nc2ccc(C#N)cn2)C1. The molecule has 6 nitrogen and oxygen atoms in total. The maximum absolute atomic E-state index is 13.0. The third-order valence-corrected chi connectivity index (χ3v) is 6.54. The average molecular weight is 460 g/mol. The topological polar surface area (TPSA) is 72.3 Å². The van der Waals surface area contributed by atoms with Crippen molar-refractivity contribution in [3.8, 4) is 6.07 Å². The van der Waals surface area contributed by atoms with E-state index in [1.165, 1.54) is 0 Å². The molecule has 3 atom stereocenters. The predicted molar refractivity (Wildman–Crippen MR) is 125 cm³/mol. The second kappa shape index (κ2) is 10.2. The van der Waals surface area contributed by atoms with Crippen molar-refractivity contribution in [2.24, 2.45) is 5.92 Å². The van der Waals surface area contributed by atoms with Crippen LogP contribution in [-0.2, 0) is 0 Å². The zero-order valence-corrected chi connectivity index (χ0v) is 19.5. The Morgan fingerprint density at radius 3 is 2.71 bits per heavy atom. The molecule has 1 fully saturated rings. The normalized spacial score (nSPS) is 19.0. The van der Waals surface area contributed by atoms with E-state index in [1.807, 2.05) is 30.1 Å². The Balaban J connectivity index is 1.84. The first-order valence-electron chi connectivity index (χ1n) is 10.4. The van der Waals surface area contributed by atoms with Gasteiger partial charge >= 0.3 is 6.03 Å². The second-order valence-corrected chi connectivity index (χ2v) is 8.84. The van der Waals surface area contributed by atoms with Crippen molar-refractivity contribution in [2.75, 3.05) is 32.0 Å². The summed E-state index contributed by atoms with van der Waals surface area (Å²) in [4.78, 5) is 21.0. The highest BCUT2D eigenvalue weighted by atomic mass is 35.5. The number of nitrogens with zero attached hydrogens (tertiary/aromatic N) is 4. The molecule has 3 unspecified atom stereocenters. The molecule has 1 aromatic carbocycles. The Morgan fingerprint density at radius 2 is 2.10 bits per heavy atom. The number of rotatable bonds is 6. The molecule has 164 valence electrons. The molecule has 0 aliphatic carbocycles. The van der Waals surface area contributed by atoms with Crippen LogP contribution in [0.4, 0.5) is 10.6 Å². The van der Waals surface area contributed by atoms with Crippen LogP contribution in [0.1, 0.15) is 37.3 Å². The number of likely N-dealkylation sites (tertiary alicyclic amines) is 1. The fraction of sp³-hybridized carbons (Fsp3) is 0.435. The van der Waals surface area contributed by atoms with Gasteiger partial charge in [0.1, 0.15) is 11.9 Å². The van der Waals surface area contributed by atoms with E-state index in [0.717, 1.165) is 18.5 Å². The maximum Gasteiger partial charge on any atom is 0.319 e. The smallest absolute Gasteiger partial charge is 0.319 e. The van der Waals surface area contributed by atoms with Gasteiger partial charge in [0.15, 0.2) is 0 Å². The number of hydrogen-bond donors (Lipinski definition) is 1. The van der Waals surface area contributed by atoms with Gasteiger partial charge in [-0.25, -0.2) is 9.78 Å². The van der Waals surface area contributed by atoms with E-state index in [9.17, 15) is 4.79 Å². The van der Waals surface area contributed by atoms with Crippen molar-refractivity contribution in [3.05, 3.63) is 57.7 Å². The van der Waals surface area contributed by atoms with E-state index in [1.54, 1.807) is 23.2 Å². The summed E-state index contributed by atoms with van der Waals surface area (Å²) in [6.07, 6.45) is 2.47. The van der Waals surface area contributed by atoms with Crippen LogP contribution in [0.25, 0.3) is 0 Å². The van der Waals surface area contributed by atoms with Crippen molar-refractivity contribution < 1.29 is 4.79 Å². The molecule has 1 N–H and O–H groups in total. The lowest BCUT2D eigenvalue weighted by Gasteiger charge is -2.27. The van der Waals surface area contributed by atoms with Crippen LogP contribution in [0, 0.1) is 17.2 Å². The fourth-order valence-electron chi connectivity index (χ4n) is 4.15. The first kappa shape index (κ1) is 23.2. The number of carbonyl (C=O) groups is 1. The Labute approximate surface area is 193 Å². The van der Waals surface area contributed by atoms with E-state index in [0.29, 0.717) is 34.5 Å². The number of benzene rings is 1. The number of hydrogen-bond acceptors (Lipinski definition) is 4. The Hall–Kier alpha value is -2.49.